The van der Waals surface area contributed by atoms with Gasteiger partial charge in [-0.2, -0.15) is 0 Å². The summed E-state index contributed by atoms with van der Waals surface area (Å²) in [5.41, 5.74) is 2.71. The van der Waals surface area contributed by atoms with Crippen LogP contribution >= 0.6 is 24.8 Å². The van der Waals surface area contributed by atoms with Gasteiger partial charge in [0.25, 0.3) is 0 Å². The van der Waals surface area contributed by atoms with Gasteiger partial charge in [0, 0.05) is 35.8 Å². The third kappa shape index (κ3) is 5.56. The van der Waals surface area contributed by atoms with E-state index in [0.717, 1.165) is 22.7 Å². The van der Waals surface area contributed by atoms with E-state index in [2.05, 4.69) is 15.5 Å². The highest BCUT2D eigenvalue weighted by Gasteiger charge is 2.41. The third-order valence-corrected chi connectivity index (χ3v) is 4.83. The molecule has 1 fully saturated rings. The predicted molar refractivity (Wildman–Crippen MR) is 106 cm³/mol. The maximum atomic E-state index is 10.3. The van der Waals surface area contributed by atoms with Gasteiger partial charge in [-0.05, 0) is 33.3 Å². The highest BCUT2D eigenvalue weighted by molar-refractivity contribution is 5.85. The maximum Gasteiger partial charge on any atom is 0.213 e. The lowest BCUT2D eigenvalue weighted by molar-refractivity contribution is 0.00171. The molecule has 2 aromatic heterocycles. The fourth-order valence-electron chi connectivity index (χ4n) is 3.27. The van der Waals surface area contributed by atoms with Crippen LogP contribution in [0.3, 0.4) is 0 Å². The van der Waals surface area contributed by atoms with Gasteiger partial charge in [-0.1, -0.05) is 11.2 Å². The quantitative estimate of drug-likeness (QED) is 0.658. The maximum absolute atomic E-state index is 10.3. The fraction of sp³-hybridized carbons (Fsp3) is 0.556. The van der Waals surface area contributed by atoms with Crippen molar-refractivity contribution in [2.45, 2.75) is 52.0 Å². The lowest BCUT2D eigenvalue weighted by Crippen LogP contribution is -2.39. The molecule has 1 aliphatic rings. The minimum atomic E-state index is -0.834. The molecule has 9 heteroatoms. The number of nitrogens with one attached hydrogen (secondary N) is 1. The summed E-state index contributed by atoms with van der Waals surface area (Å²) in [5.74, 6) is 1.15. The van der Waals surface area contributed by atoms with Crippen molar-refractivity contribution in [3.05, 3.63) is 40.9 Å². The minimum absolute atomic E-state index is 0. The Balaban J connectivity index is 0.00000182. The molecule has 0 bridgehead atoms. The van der Waals surface area contributed by atoms with Crippen LogP contribution in [0.2, 0.25) is 0 Å². The molecule has 0 spiro atoms. The van der Waals surface area contributed by atoms with E-state index in [4.69, 9.17) is 9.26 Å². The second-order valence-corrected chi connectivity index (χ2v) is 6.70. The first-order chi connectivity index (χ1) is 12.0. The second-order valence-electron chi connectivity index (χ2n) is 6.70. The Morgan fingerprint density at radius 1 is 1.19 bits per heavy atom. The summed E-state index contributed by atoms with van der Waals surface area (Å²) >= 11 is 0. The van der Waals surface area contributed by atoms with Crippen LogP contribution in [0, 0.1) is 26.7 Å². The fourth-order valence-corrected chi connectivity index (χ4v) is 3.27. The zero-order chi connectivity index (χ0) is 18.0. The summed E-state index contributed by atoms with van der Waals surface area (Å²) in [5, 5.41) is 27.8. The van der Waals surface area contributed by atoms with Crippen molar-refractivity contribution in [3.63, 3.8) is 0 Å². The molecule has 152 valence electrons. The Kier molecular flexibility index (Phi) is 8.98. The zero-order valence-electron chi connectivity index (χ0n) is 15.6. The average molecular weight is 420 g/mol. The highest BCUT2D eigenvalue weighted by atomic mass is 35.5. The molecule has 0 saturated heterocycles. The van der Waals surface area contributed by atoms with E-state index in [1.165, 1.54) is 0 Å². The Bertz CT molecular complexity index is 709. The van der Waals surface area contributed by atoms with E-state index in [1.807, 2.05) is 32.9 Å². The summed E-state index contributed by atoms with van der Waals surface area (Å²) in [6.07, 6.45) is -1.04. The summed E-state index contributed by atoms with van der Waals surface area (Å²) < 4.78 is 10.8. The molecule has 1 saturated carbocycles. The van der Waals surface area contributed by atoms with E-state index in [9.17, 15) is 10.2 Å². The van der Waals surface area contributed by atoms with Gasteiger partial charge >= 0.3 is 0 Å². The van der Waals surface area contributed by atoms with Gasteiger partial charge in [0.1, 0.15) is 5.76 Å². The Hall–Kier alpha value is -1.38. The van der Waals surface area contributed by atoms with E-state index >= 15 is 0 Å². The van der Waals surface area contributed by atoms with Crippen LogP contribution in [0.4, 0.5) is 0 Å². The first-order valence-corrected chi connectivity index (χ1v) is 8.53. The van der Waals surface area contributed by atoms with Crippen LogP contribution in [-0.2, 0) is 6.54 Å². The van der Waals surface area contributed by atoms with Crippen molar-refractivity contribution in [1.29, 1.82) is 0 Å². The largest absolute Gasteiger partial charge is 0.477 e. The smallest absolute Gasteiger partial charge is 0.213 e. The number of nitrogens with zero attached hydrogens (tertiary/aromatic N) is 2. The Labute approximate surface area is 171 Å². The number of ether oxygens (including phenoxy) is 1. The van der Waals surface area contributed by atoms with Crippen molar-refractivity contribution >= 4 is 24.8 Å². The molecule has 2 heterocycles. The number of aromatic nitrogens is 2. The summed E-state index contributed by atoms with van der Waals surface area (Å²) in [6.45, 7) is 6.51. The number of hydrogen-bond acceptors (Lipinski definition) is 7. The molecule has 7 nitrogen and oxygen atoms in total. The van der Waals surface area contributed by atoms with Gasteiger partial charge in [-0.3, -0.25) is 0 Å². The Morgan fingerprint density at radius 2 is 1.93 bits per heavy atom. The minimum Gasteiger partial charge on any atom is -0.477 e. The summed E-state index contributed by atoms with van der Waals surface area (Å²) in [7, 11) is 0. The van der Waals surface area contributed by atoms with Crippen LogP contribution in [0.5, 0.6) is 5.88 Å². The number of halogens is 2. The van der Waals surface area contributed by atoms with E-state index in [-0.39, 0.29) is 36.8 Å². The molecule has 3 N–H and O–H groups in total. The molecule has 0 unspecified atom stereocenters. The number of aryl methyl sites for hydroxylation is 3. The van der Waals surface area contributed by atoms with Crippen LogP contribution in [-0.4, -0.2) is 45.2 Å². The molecule has 27 heavy (non-hydrogen) atoms. The van der Waals surface area contributed by atoms with Crippen LogP contribution in [0.1, 0.15) is 29.1 Å². The van der Waals surface area contributed by atoms with Gasteiger partial charge in [-0.25, -0.2) is 4.98 Å². The SMILES string of the molecule is Cc1cccc(OC[C@H]2C[C@@H](NCc3c(C)noc3C)[C@H](O)[C@@H]2O)n1.Cl.Cl. The monoisotopic (exact) mass is 419 g/mol. The molecule has 4 atom stereocenters. The van der Waals surface area contributed by atoms with Gasteiger partial charge in [0.2, 0.25) is 5.88 Å². The Morgan fingerprint density at radius 3 is 2.56 bits per heavy atom. The van der Waals surface area contributed by atoms with E-state index in [1.54, 1.807) is 6.07 Å². The molecular formula is C18H27Cl2N3O4. The zero-order valence-corrected chi connectivity index (χ0v) is 17.2. The highest BCUT2D eigenvalue weighted by Crippen LogP contribution is 2.28. The van der Waals surface area contributed by atoms with Crippen molar-refractivity contribution < 1.29 is 19.5 Å². The van der Waals surface area contributed by atoms with Gasteiger partial charge in [0.15, 0.2) is 0 Å². The lowest BCUT2D eigenvalue weighted by Gasteiger charge is -2.18. The van der Waals surface area contributed by atoms with Gasteiger partial charge in [-0.15, -0.1) is 24.8 Å². The molecular weight excluding hydrogens is 393 g/mol. The first-order valence-electron chi connectivity index (χ1n) is 8.53. The normalized spacial score (nSPS) is 24.2. The number of pyridine rings is 1. The molecule has 2 aromatic rings. The lowest BCUT2D eigenvalue weighted by atomic mass is 10.1. The van der Waals surface area contributed by atoms with Crippen LogP contribution in [0.15, 0.2) is 22.7 Å². The topological polar surface area (TPSA) is 101 Å². The first kappa shape index (κ1) is 23.7. The average Bonchev–Trinajstić information content (AvgIpc) is 3.04. The van der Waals surface area contributed by atoms with E-state index < -0.39 is 12.2 Å². The molecule has 0 amide bonds. The van der Waals surface area contributed by atoms with Crippen molar-refractivity contribution in [2.75, 3.05) is 6.61 Å². The van der Waals surface area contributed by atoms with E-state index in [0.29, 0.717) is 25.5 Å². The number of hydrogen-bond donors (Lipinski definition) is 3. The van der Waals surface area contributed by atoms with Crippen molar-refractivity contribution in [1.82, 2.24) is 15.5 Å². The van der Waals surface area contributed by atoms with Crippen LogP contribution in [0.25, 0.3) is 0 Å². The second kappa shape index (κ2) is 10.2. The standard InChI is InChI=1S/C18H25N3O4.2ClH/c1-10-5-4-6-16(20-10)24-9-13-7-15(18(23)17(13)22)19-8-14-11(2)21-25-12(14)3;;/h4-6,13,15,17-19,22-23H,7-9H2,1-3H3;2*1H/t13-,15-,17-,18+;;/m1../s1. The number of aliphatic hydroxyl groups is 2. The predicted octanol–water partition coefficient (Wildman–Crippen LogP) is 2.12. The third-order valence-electron chi connectivity index (χ3n) is 4.83. The summed E-state index contributed by atoms with van der Waals surface area (Å²) in [6, 6.07) is 5.36. The van der Waals surface area contributed by atoms with Crippen molar-refractivity contribution in [2.24, 2.45) is 5.92 Å². The van der Waals surface area contributed by atoms with Gasteiger partial charge in [0.05, 0.1) is 24.5 Å². The summed E-state index contributed by atoms with van der Waals surface area (Å²) in [4.78, 5) is 4.29. The van der Waals surface area contributed by atoms with Crippen LogP contribution < -0.4 is 10.1 Å². The molecule has 0 radical (unpaired) electrons. The number of rotatable bonds is 6. The molecule has 3 rings (SSSR count). The van der Waals surface area contributed by atoms with Crippen molar-refractivity contribution in [3.8, 4) is 5.88 Å². The molecule has 1 aliphatic carbocycles. The van der Waals surface area contributed by atoms with Gasteiger partial charge < -0.3 is 24.8 Å². The molecule has 0 aromatic carbocycles. The molecule has 0 aliphatic heterocycles. The number of aliphatic hydroxyl groups excluding tert-OH is 2.